The molecule has 1 spiro atoms. The van der Waals surface area contributed by atoms with Gasteiger partial charge in [0.25, 0.3) is 0 Å². The van der Waals surface area contributed by atoms with Crippen molar-refractivity contribution in [2.75, 3.05) is 10.6 Å². The van der Waals surface area contributed by atoms with Crippen molar-refractivity contribution in [3.8, 4) is 0 Å². The van der Waals surface area contributed by atoms with Gasteiger partial charge in [-0.25, -0.2) is 4.39 Å². The molecule has 4 nitrogen and oxygen atoms in total. The summed E-state index contributed by atoms with van der Waals surface area (Å²) in [6, 6.07) is 16.1. The molecule has 0 saturated carbocycles. The largest absolute Gasteiger partial charge is 0.358 e. The molecule has 1 unspecified atom stereocenters. The first-order chi connectivity index (χ1) is 14.8. The van der Waals surface area contributed by atoms with Gasteiger partial charge in [0.1, 0.15) is 11.2 Å². The van der Waals surface area contributed by atoms with Gasteiger partial charge in [-0.05, 0) is 46.9 Å². The number of rotatable bonds is 0. The summed E-state index contributed by atoms with van der Waals surface area (Å²) < 4.78 is 14.5. The van der Waals surface area contributed by atoms with Crippen molar-refractivity contribution < 1.29 is 14.0 Å². The van der Waals surface area contributed by atoms with Crippen LogP contribution >= 0.6 is 0 Å². The molecule has 1 atom stereocenters. The minimum Gasteiger partial charge on any atom is -0.358 e. The summed E-state index contributed by atoms with van der Waals surface area (Å²) in [5, 5.41) is 8.24. The fraction of sp³-hybridized carbons (Fsp3) is 0.231. The highest BCUT2D eigenvalue weighted by molar-refractivity contribution is 6.22. The molecule has 2 N–H and O–H groups in total. The first-order valence-corrected chi connectivity index (χ1v) is 10.5. The minimum absolute atomic E-state index is 0.0652. The van der Waals surface area contributed by atoms with E-state index >= 15 is 0 Å². The smallest absolute Gasteiger partial charge is 0.244 e. The molecular formula is C26H21FN2O2. The first kappa shape index (κ1) is 18.3. The average molecular weight is 412 g/mol. The zero-order valence-corrected chi connectivity index (χ0v) is 17.3. The standard InChI is InChI=1S/C26H21FN2O2/c1-25(2)12-20-23(21(30)13-25)26(17-11-15(27)8-10-18(17)28-20)22-16-6-4-3-5-14(16)7-9-19(22)29-24(26)31/h3-11,28H,12-13H2,1-2H3,(H,29,31). The third-order valence-corrected chi connectivity index (χ3v) is 6.81. The van der Waals surface area contributed by atoms with Crippen LogP contribution in [-0.2, 0) is 15.0 Å². The Morgan fingerprint density at radius 1 is 0.903 bits per heavy atom. The number of carbonyl (C=O) groups excluding carboxylic acids is 2. The summed E-state index contributed by atoms with van der Waals surface area (Å²) in [7, 11) is 0. The number of anilines is 2. The number of allylic oxidation sites excluding steroid dienone is 1. The topological polar surface area (TPSA) is 58.2 Å². The molecule has 0 saturated heterocycles. The molecule has 0 bridgehead atoms. The lowest BCUT2D eigenvalue weighted by molar-refractivity contribution is -0.123. The number of benzene rings is 3. The van der Waals surface area contributed by atoms with E-state index in [-0.39, 0.29) is 17.1 Å². The van der Waals surface area contributed by atoms with Crippen LogP contribution in [0.25, 0.3) is 10.8 Å². The van der Waals surface area contributed by atoms with Gasteiger partial charge in [-0.2, -0.15) is 0 Å². The molecule has 1 aliphatic carbocycles. The zero-order chi connectivity index (χ0) is 21.5. The quantitative estimate of drug-likeness (QED) is 0.528. The third-order valence-electron chi connectivity index (χ3n) is 6.81. The Morgan fingerprint density at radius 2 is 1.68 bits per heavy atom. The second-order valence-electron chi connectivity index (χ2n) is 9.52. The third kappa shape index (κ3) is 2.29. The lowest BCUT2D eigenvalue weighted by atomic mass is 9.60. The van der Waals surface area contributed by atoms with Crippen molar-refractivity contribution in [3.05, 3.63) is 82.8 Å². The van der Waals surface area contributed by atoms with Gasteiger partial charge in [0.15, 0.2) is 5.78 Å². The fourth-order valence-electron chi connectivity index (χ4n) is 5.70. The van der Waals surface area contributed by atoms with Crippen LogP contribution in [0.5, 0.6) is 0 Å². The maximum Gasteiger partial charge on any atom is 0.244 e. The molecule has 3 aromatic rings. The monoisotopic (exact) mass is 412 g/mol. The second kappa shape index (κ2) is 5.82. The highest BCUT2D eigenvalue weighted by atomic mass is 19.1. The summed E-state index contributed by atoms with van der Waals surface area (Å²) in [5.41, 5.74) is 2.19. The predicted molar refractivity (Wildman–Crippen MR) is 118 cm³/mol. The van der Waals surface area contributed by atoms with E-state index in [0.29, 0.717) is 35.4 Å². The Bertz CT molecular complexity index is 1370. The van der Waals surface area contributed by atoms with Gasteiger partial charge in [0, 0.05) is 40.2 Å². The summed E-state index contributed by atoms with van der Waals surface area (Å²) in [5.74, 6) is -0.800. The number of halogens is 1. The Labute approximate surface area is 179 Å². The number of hydrogen-bond acceptors (Lipinski definition) is 3. The molecule has 2 aliphatic heterocycles. The van der Waals surface area contributed by atoms with Crippen LogP contribution in [0, 0.1) is 11.2 Å². The van der Waals surface area contributed by atoms with Gasteiger partial charge >= 0.3 is 0 Å². The van der Waals surface area contributed by atoms with E-state index in [4.69, 9.17) is 0 Å². The minimum atomic E-state index is -1.37. The molecule has 1 amide bonds. The number of nitrogens with one attached hydrogen (secondary N) is 2. The lowest BCUT2D eigenvalue weighted by Crippen LogP contribution is -2.47. The summed E-state index contributed by atoms with van der Waals surface area (Å²) >= 11 is 0. The van der Waals surface area contributed by atoms with Crippen LogP contribution < -0.4 is 10.6 Å². The van der Waals surface area contributed by atoms with E-state index in [1.54, 1.807) is 6.07 Å². The Hall–Kier alpha value is -3.47. The van der Waals surface area contributed by atoms with Gasteiger partial charge < -0.3 is 10.6 Å². The van der Waals surface area contributed by atoms with E-state index in [9.17, 15) is 14.0 Å². The van der Waals surface area contributed by atoms with Crippen LogP contribution in [0.4, 0.5) is 15.8 Å². The molecule has 3 aromatic carbocycles. The fourth-order valence-corrected chi connectivity index (χ4v) is 5.70. The predicted octanol–water partition coefficient (Wildman–Crippen LogP) is 5.29. The molecule has 31 heavy (non-hydrogen) atoms. The lowest BCUT2D eigenvalue weighted by Gasteiger charge is -2.43. The number of amides is 1. The molecule has 154 valence electrons. The highest BCUT2D eigenvalue weighted by Crippen LogP contribution is 2.58. The average Bonchev–Trinajstić information content (AvgIpc) is 3.00. The van der Waals surface area contributed by atoms with E-state index < -0.39 is 11.2 Å². The highest BCUT2D eigenvalue weighted by Gasteiger charge is 2.59. The molecule has 6 rings (SSSR count). The van der Waals surface area contributed by atoms with Crippen LogP contribution in [0.15, 0.2) is 65.9 Å². The molecule has 0 radical (unpaired) electrons. The number of Topliss-reactive ketones (excluding diaryl/α,β-unsaturated/α-hetero) is 1. The van der Waals surface area contributed by atoms with E-state index in [0.717, 1.165) is 22.0 Å². The number of fused-ring (bicyclic) bond motifs is 7. The van der Waals surface area contributed by atoms with Crippen LogP contribution in [-0.4, -0.2) is 11.7 Å². The van der Waals surface area contributed by atoms with Crippen molar-refractivity contribution in [1.29, 1.82) is 0 Å². The van der Waals surface area contributed by atoms with E-state index in [2.05, 4.69) is 24.5 Å². The van der Waals surface area contributed by atoms with Crippen molar-refractivity contribution in [3.63, 3.8) is 0 Å². The summed E-state index contributed by atoms with van der Waals surface area (Å²) in [6.45, 7) is 4.11. The van der Waals surface area contributed by atoms with Gasteiger partial charge in [-0.15, -0.1) is 0 Å². The number of carbonyl (C=O) groups is 2. The molecule has 0 fully saturated rings. The molecule has 2 heterocycles. The normalized spacial score (nSPS) is 23.3. The molecule has 0 aromatic heterocycles. The summed E-state index contributed by atoms with van der Waals surface area (Å²) in [4.78, 5) is 27.5. The molecular weight excluding hydrogens is 391 g/mol. The van der Waals surface area contributed by atoms with Gasteiger partial charge in [0.2, 0.25) is 5.91 Å². The van der Waals surface area contributed by atoms with Gasteiger partial charge in [-0.1, -0.05) is 44.2 Å². The Morgan fingerprint density at radius 3 is 2.52 bits per heavy atom. The van der Waals surface area contributed by atoms with Gasteiger partial charge in [0.05, 0.1) is 0 Å². The maximum atomic E-state index is 14.5. The zero-order valence-electron chi connectivity index (χ0n) is 17.3. The van der Waals surface area contributed by atoms with Crippen molar-refractivity contribution in [2.45, 2.75) is 32.1 Å². The second-order valence-corrected chi connectivity index (χ2v) is 9.52. The molecule has 3 aliphatic rings. The number of ketones is 1. The van der Waals surface area contributed by atoms with Crippen LogP contribution in [0.3, 0.4) is 0 Å². The number of hydrogen-bond donors (Lipinski definition) is 2. The SMILES string of the molecule is CC1(C)CC(=O)C2=C(C1)Nc1ccc(F)cc1C21C(=O)Nc2ccc3ccccc3c21. The van der Waals surface area contributed by atoms with Gasteiger partial charge in [-0.3, -0.25) is 9.59 Å². The Kier molecular flexibility index (Phi) is 3.43. The molecule has 5 heteroatoms. The maximum absolute atomic E-state index is 14.5. The Balaban J connectivity index is 1.80. The van der Waals surface area contributed by atoms with E-state index in [1.165, 1.54) is 12.1 Å². The van der Waals surface area contributed by atoms with Crippen molar-refractivity contribution >= 4 is 33.8 Å². The summed E-state index contributed by atoms with van der Waals surface area (Å²) in [6.07, 6.45) is 0.979. The first-order valence-electron chi connectivity index (χ1n) is 10.5. The van der Waals surface area contributed by atoms with Crippen molar-refractivity contribution in [2.24, 2.45) is 5.41 Å². The van der Waals surface area contributed by atoms with Crippen LogP contribution in [0.1, 0.15) is 37.8 Å². The van der Waals surface area contributed by atoms with Crippen LogP contribution in [0.2, 0.25) is 0 Å². The van der Waals surface area contributed by atoms with E-state index in [1.807, 2.05) is 36.4 Å². The van der Waals surface area contributed by atoms with Crippen molar-refractivity contribution in [1.82, 2.24) is 0 Å².